The average Bonchev–Trinajstić information content (AvgIpc) is 3.26. The predicted octanol–water partition coefficient (Wildman–Crippen LogP) is 6.05. The van der Waals surface area contributed by atoms with Crippen LogP contribution in [0.2, 0.25) is 0 Å². The van der Waals surface area contributed by atoms with E-state index >= 15 is 0 Å². The molecule has 2 heterocycles. The highest BCUT2D eigenvalue weighted by molar-refractivity contribution is 7.98. The quantitative estimate of drug-likeness (QED) is 0.357. The summed E-state index contributed by atoms with van der Waals surface area (Å²) < 4.78 is 16.3. The Morgan fingerprint density at radius 1 is 0.941 bits per heavy atom. The molecule has 5 rings (SSSR count). The van der Waals surface area contributed by atoms with Crippen LogP contribution in [0.3, 0.4) is 0 Å². The van der Waals surface area contributed by atoms with E-state index in [2.05, 4.69) is 29.4 Å². The number of benzene rings is 3. The second-order valence-electron chi connectivity index (χ2n) is 8.09. The summed E-state index contributed by atoms with van der Waals surface area (Å²) in [6.45, 7) is 0.551. The number of thioether (sulfide) groups is 1. The molecule has 1 atom stereocenters. The van der Waals surface area contributed by atoms with E-state index in [4.69, 9.17) is 14.2 Å². The first-order valence-electron chi connectivity index (χ1n) is 11.1. The lowest BCUT2D eigenvalue weighted by Gasteiger charge is -2.35. The molecule has 1 N–H and O–H groups in total. The van der Waals surface area contributed by atoms with Crippen molar-refractivity contribution in [3.05, 3.63) is 83.6 Å². The number of ether oxygens (including phenoxy) is 3. The first-order valence-corrected chi connectivity index (χ1v) is 12.3. The lowest BCUT2D eigenvalue weighted by atomic mass is 9.92. The number of aromatic nitrogens is 1. The number of amides is 1. The third-order valence-corrected chi connectivity index (χ3v) is 6.99. The van der Waals surface area contributed by atoms with Crippen LogP contribution in [0.15, 0.2) is 71.6 Å². The fourth-order valence-corrected chi connectivity index (χ4v) is 4.97. The van der Waals surface area contributed by atoms with Gasteiger partial charge >= 0.3 is 6.09 Å². The van der Waals surface area contributed by atoms with Crippen molar-refractivity contribution in [2.45, 2.75) is 17.4 Å². The normalized spacial score (nSPS) is 15.1. The van der Waals surface area contributed by atoms with E-state index in [1.54, 1.807) is 55.1 Å². The molecule has 0 spiro atoms. The first kappa shape index (κ1) is 22.2. The molecular formula is C27H26N2O4S. The zero-order chi connectivity index (χ0) is 23.7. The number of carbonyl (C=O) groups excluding carboxylic acids is 1. The molecule has 0 fully saturated rings. The number of rotatable bonds is 5. The molecule has 0 bridgehead atoms. The van der Waals surface area contributed by atoms with Gasteiger partial charge in [-0.05, 0) is 78.4 Å². The summed E-state index contributed by atoms with van der Waals surface area (Å²) >= 11 is 1.73. The highest BCUT2D eigenvalue weighted by atomic mass is 32.2. The van der Waals surface area contributed by atoms with Crippen LogP contribution in [0.25, 0.3) is 10.9 Å². The van der Waals surface area contributed by atoms with E-state index in [0.29, 0.717) is 18.0 Å². The number of nitrogens with zero attached hydrogens (tertiary/aromatic N) is 1. The summed E-state index contributed by atoms with van der Waals surface area (Å²) in [7, 11) is 3.25. The third-order valence-electron chi connectivity index (χ3n) is 6.26. The molecule has 7 heteroatoms. The van der Waals surface area contributed by atoms with Crippen LogP contribution in [0.1, 0.15) is 22.9 Å². The van der Waals surface area contributed by atoms with Gasteiger partial charge in [-0.25, -0.2) is 4.79 Å². The summed E-state index contributed by atoms with van der Waals surface area (Å²) in [6, 6.07) is 21.0. The fraction of sp³-hybridized carbons (Fsp3) is 0.222. The fourth-order valence-electron chi connectivity index (χ4n) is 4.53. The summed E-state index contributed by atoms with van der Waals surface area (Å²) in [5.74, 6) is 1.96. The van der Waals surface area contributed by atoms with Crippen molar-refractivity contribution >= 4 is 28.8 Å². The molecule has 1 unspecified atom stereocenters. The van der Waals surface area contributed by atoms with Crippen molar-refractivity contribution in [3.63, 3.8) is 0 Å². The van der Waals surface area contributed by atoms with E-state index < -0.39 is 0 Å². The van der Waals surface area contributed by atoms with Crippen molar-refractivity contribution < 1.29 is 19.0 Å². The molecule has 0 radical (unpaired) electrons. The van der Waals surface area contributed by atoms with E-state index in [-0.39, 0.29) is 12.1 Å². The van der Waals surface area contributed by atoms with Gasteiger partial charge in [-0.15, -0.1) is 11.8 Å². The second-order valence-corrected chi connectivity index (χ2v) is 8.97. The second kappa shape index (κ2) is 9.35. The highest BCUT2D eigenvalue weighted by Crippen LogP contribution is 2.40. The molecule has 3 aromatic carbocycles. The van der Waals surface area contributed by atoms with Crippen LogP contribution in [0.4, 0.5) is 4.79 Å². The topological polar surface area (TPSA) is 63.8 Å². The number of hydrogen-bond donors (Lipinski definition) is 1. The number of hydrogen-bond acceptors (Lipinski definition) is 5. The lowest BCUT2D eigenvalue weighted by Crippen LogP contribution is -2.42. The van der Waals surface area contributed by atoms with Gasteiger partial charge in [0.2, 0.25) is 0 Å². The molecule has 1 aromatic heterocycles. The summed E-state index contributed by atoms with van der Waals surface area (Å²) in [4.78, 5) is 20.0. The van der Waals surface area contributed by atoms with Crippen LogP contribution in [-0.2, 0) is 6.42 Å². The minimum absolute atomic E-state index is 0.300. The van der Waals surface area contributed by atoms with E-state index in [9.17, 15) is 4.79 Å². The molecular weight excluding hydrogens is 448 g/mol. The molecule has 0 saturated heterocycles. The Bertz CT molecular complexity index is 1320. The van der Waals surface area contributed by atoms with Crippen LogP contribution < -0.4 is 14.2 Å². The summed E-state index contributed by atoms with van der Waals surface area (Å²) in [6.07, 6.45) is 2.44. The van der Waals surface area contributed by atoms with Crippen molar-refractivity contribution in [2.75, 3.05) is 27.0 Å². The molecule has 0 aliphatic carbocycles. The Morgan fingerprint density at radius 2 is 1.59 bits per heavy atom. The maximum absolute atomic E-state index is 13.4. The van der Waals surface area contributed by atoms with Gasteiger partial charge in [-0.2, -0.15) is 0 Å². The van der Waals surface area contributed by atoms with Gasteiger partial charge in [0.1, 0.15) is 23.3 Å². The number of H-pyrrole nitrogens is 1. The van der Waals surface area contributed by atoms with Crippen LogP contribution in [0.5, 0.6) is 17.2 Å². The SMILES string of the molecule is COc1ccc(OC(=O)N2CCc3c([nH]c4ccc(SC)cc34)C2c2ccc(OC)cc2)cc1. The molecule has 0 saturated carbocycles. The predicted molar refractivity (Wildman–Crippen MR) is 134 cm³/mol. The van der Waals surface area contributed by atoms with Gasteiger partial charge in [0.25, 0.3) is 0 Å². The Hall–Kier alpha value is -3.58. The van der Waals surface area contributed by atoms with Crippen LogP contribution in [0, 0.1) is 0 Å². The van der Waals surface area contributed by atoms with Gasteiger partial charge in [-0.3, -0.25) is 4.90 Å². The van der Waals surface area contributed by atoms with Crippen molar-refractivity contribution in [3.8, 4) is 17.2 Å². The van der Waals surface area contributed by atoms with Crippen LogP contribution in [-0.4, -0.2) is 43.0 Å². The number of aromatic amines is 1. The number of methoxy groups -OCH3 is 2. The number of carbonyl (C=O) groups is 1. The maximum atomic E-state index is 13.4. The van der Waals surface area contributed by atoms with Crippen molar-refractivity contribution in [1.82, 2.24) is 9.88 Å². The highest BCUT2D eigenvalue weighted by Gasteiger charge is 2.35. The molecule has 174 valence electrons. The van der Waals surface area contributed by atoms with E-state index in [1.165, 1.54) is 15.8 Å². The summed E-state index contributed by atoms with van der Waals surface area (Å²) in [5, 5.41) is 1.21. The van der Waals surface area contributed by atoms with E-state index in [0.717, 1.165) is 28.9 Å². The molecule has 1 aliphatic rings. The number of fused-ring (bicyclic) bond motifs is 3. The zero-order valence-electron chi connectivity index (χ0n) is 19.3. The van der Waals surface area contributed by atoms with Gasteiger partial charge in [0, 0.05) is 28.0 Å². The first-order chi connectivity index (χ1) is 16.6. The van der Waals surface area contributed by atoms with Crippen molar-refractivity contribution in [2.24, 2.45) is 0 Å². The smallest absolute Gasteiger partial charge is 0.416 e. The maximum Gasteiger partial charge on any atom is 0.416 e. The molecule has 4 aromatic rings. The van der Waals surface area contributed by atoms with Gasteiger partial charge < -0.3 is 19.2 Å². The minimum atomic E-state index is -0.389. The molecule has 1 amide bonds. The zero-order valence-corrected chi connectivity index (χ0v) is 20.1. The van der Waals surface area contributed by atoms with Crippen LogP contribution >= 0.6 is 11.8 Å². The minimum Gasteiger partial charge on any atom is -0.497 e. The van der Waals surface area contributed by atoms with E-state index in [1.807, 2.05) is 24.3 Å². The summed E-state index contributed by atoms with van der Waals surface area (Å²) in [5.41, 5.74) is 4.34. The largest absolute Gasteiger partial charge is 0.497 e. The Labute approximate surface area is 202 Å². The van der Waals surface area contributed by atoms with Gasteiger partial charge in [0.05, 0.1) is 14.2 Å². The van der Waals surface area contributed by atoms with Gasteiger partial charge in [0.15, 0.2) is 0 Å². The molecule has 1 aliphatic heterocycles. The van der Waals surface area contributed by atoms with Gasteiger partial charge in [-0.1, -0.05) is 12.1 Å². The Balaban J connectivity index is 1.55. The number of nitrogens with one attached hydrogen (secondary N) is 1. The average molecular weight is 475 g/mol. The third kappa shape index (κ3) is 4.07. The Morgan fingerprint density at radius 3 is 2.24 bits per heavy atom. The standard InChI is InChI=1S/C27H26N2O4S/c1-31-18-6-4-17(5-7-18)26-25-22(23-16-21(34-3)12-13-24(23)28-25)14-15-29(26)27(30)33-20-10-8-19(32-2)9-11-20/h4-13,16,26,28H,14-15H2,1-3H3. The Kier molecular flexibility index (Phi) is 6.11. The monoisotopic (exact) mass is 474 g/mol. The molecule has 6 nitrogen and oxygen atoms in total. The lowest BCUT2D eigenvalue weighted by molar-refractivity contribution is 0.135. The van der Waals surface area contributed by atoms with Crippen molar-refractivity contribution in [1.29, 1.82) is 0 Å². The molecule has 34 heavy (non-hydrogen) atoms.